The summed E-state index contributed by atoms with van der Waals surface area (Å²) in [6.45, 7) is -0.0883. The number of rotatable bonds is 4. The van der Waals surface area contributed by atoms with E-state index in [1.807, 2.05) is 6.07 Å². The van der Waals surface area contributed by atoms with Crippen molar-refractivity contribution in [3.63, 3.8) is 0 Å². The smallest absolute Gasteiger partial charge is 0.277 e. The summed E-state index contributed by atoms with van der Waals surface area (Å²) in [5, 5.41) is 12.9. The van der Waals surface area contributed by atoms with Gasteiger partial charge >= 0.3 is 0 Å². The van der Waals surface area contributed by atoms with Crippen molar-refractivity contribution in [2.45, 2.75) is 12.8 Å². The molecule has 0 aromatic heterocycles. The number of allylic oxidation sites excluding steroid dienone is 2. The highest BCUT2D eigenvalue weighted by molar-refractivity contribution is 5.94. The molecule has 2 aliphatic carbocycles. The van der Waals surface area contributed by atoms with Crippen LogP contribution in [0.15, 0.2) is 41.5 Å². The number of carbonyl (C=O) groups is 1. The summed E-state index contributed by atoms with van der Waals surface area (Å²) in [6, 6.07) is 8.65. The van der Waals surface area contributed by atoms with Crippen LogP contribution in [0.4, 0.5) is 0 Å². The van der Waals surface area contributed by atoms with Gasteiger partial charge in [-0.2, -0.15) is 10.4 Å². The highest BCUT2D eigenvalue weighted by Crippen LogP contribution is 2.39. The number of carbonyl (C=O) groups excluding carboxylic acids is 1. The van der Waals surface area contributed by atoms with Crippen LogP contribution in [0.3, 0.4) is 0 Å². The second-order valence-electron chi connectivity index (χ2n) is 5.20. The van der Waals surface area contributed by atoms with Gasteiger partial charge in [0.05, 0.1) is 11.6 Å². The first-order chi connectivity index (χ1) is 10.3. The van der Waals surface area contributed by atoms with Crippen molar-refractivity contribution >= 4 is 11.6 Å². The molecule has 1 amide bonds. The molecule has 0 spiro atoms. The number of benzene rings is 1. The van der Waals surface area contributed by atoms with Crippen LogP contribution in [0.5, 0.6) is 5.75 Å². The zero-order valence-corrected chi connectivity index (χ0v) is 11.5. The predicted molar refractivity (Wildman–Crippen MR) is 77.6 cm³/mol. The summed E-state index contributed by atoms with van der Waals surface area (Å²) < 4.78 is 5.33. The Bertz CT molecular complexity index is 640. The largest absolute Gasteiger partial charge is 0.484 e. The molecule has 5 nitrogen and oxygen atoms in total. The van der Waals surface area contributed by atoms with Gasteiger partial charge in [0, 0.05) is 11.6 Å². The SMILES string of the molecule is N#Cc1ccc(OCC(=O)N/N=C2/C[C@H]3C=CC[C@@H]23)cc1. The number of nitrogens with one attached hydrogen (secondary N) is 1. The standard InChI is InChI=1S/C16H15N3O2/c17-9-11-4-6-13(7-5-11)21-10-16(20)19-18-15-8-12-2-1-3-14(12)15/h1-2,4-7,12,14H,3,8,10H2,(H,19,20)/b18-15-/t12-,14-/m1/s1. The fourth-order valence-electron chi connectivity index (χ4n) is 2.60. The van der Waals surface area contributed by atoms with Gasteiger partial charge in [-0.1, -0.05) is 12.2 Å². The lowest BCUT2D eigenvalue weighted by atomic mass is 9.74. The molecule has 1 fully saturated rings. The van der Waals surface area contributed by atoms with E-state index in [1.54, 1.807) is 24.3 Å². The molecule has 0 heterocycles. The average Bonchev–Trinajstić information content (AvgIpc) is 2.87. The molecule has 1 aromatic carbocycles. The number of ether oxygens (including phenoxy) is 1. The Morgan fingerprint density at radius 2 is 2.24 bits per heavy atom. The number of hydrogen-bond donors (Lipinski definition) is 1. The zero-order chi connectivity index (χ0) is 14.7. The van der Waals surface area contributed by atoms with Gasteiger partial charge in [-0.05, 0) is 43.0 Å². The quantitative estimate of drug-likeness (QED) is 0.677. The number of nitrogens with zero attached hydrogens (tertiary/aromatic N) is 2. The van der Waals surface area contributed by atoms with Crippen LogP contribution in [-0.4, -0.2) is 18.2 Å². The molecule has 0 saturated heterocycles. The molecular weight excluding hydrogens is 266 g/mol. The van der Waals surface area contributed by atoms with E-state index >= 15 is 0 Å². The van der Waals surface area contributed by atoms with E-state index in [4.69, 9.17) is 10.00 Å². The molecule has 1 N–H and O–H groups in total. The van der Waals surface area contributed by atoms with Crippen LogP contribution < -0.4 is 10.2 Å². The van der Waals surface area contributed by atoms with Gasteiger partial charge in [-0.3, -0.25) is 4.79 Å². The maximum atomic E-state index is 11.7. The molecule has 2 atom stereocenters. The minimum absolute atomic E-state index is 0.0883. The Hall–Kier alpha value is -2.61. The topological polar surface area (TPSA) is 74.5 Å². The lowest BCUT2D eigenvalue weighted by Gasteiger charge is -2.31. The Kier molecular flexibility index (Phi) is 3.69. The van der Waals surface area contributed by atoms with Crippen molar-refractivity contribution in [1.29, 1.82) is 5.26 Å². The summed E-state index contributed by atoms with van der Waals surface area (Å²) in [6.07, 6.45) is 6.37. The first-order valence-electron chi connectivity index (χ1n) is 6.91. The van der Waals surface area contributed by atoms with Crippen molar-refractivity contribution in [3.8, 4) is 11.8 Å². The first kappa shape index (κ1) is 13.4. The van der Waals surface area contributed by atoms with Gasteiger partial charge in [0.1, 0.15) is 5.75 Å². The molecule has 1 saturated carbocycles. The molecule has 0 radical (unpaired) electrons. The summed E-state index contributed by atoms with van der Waals surface area (Å²) in [7, 11) is 0. The Labute approximate surface area is 122 Å². The number of amides is 1. The molecule has 0 bridgehead atoms. The Morgan fingerprint density at radius 1 is 1.43 bits per heavy atom. The van der Waals surface area contributed by atoms with E-state index < -0.39 is 0 Å². The van der Waals surface area contributed by atoms with Crippen LogP contribution in [0.1, 0.15) is 18.4 Å². The summed E-state index contributed by atoms with van der Waals surface area (Å²) in [5.41, 5.74) is 4.16. The third-order valence-corrected chi connectivity index (χ3v) is 3.84. The van der Waals surface area contributed by atoms with E-state index in [1.165, 1.54) is 0 Å². The van der Waals surface area contributed by atoms with Gasteiger partial charge in [0.15, 0.2) is 6.61 Å². The van der Waals surface area contributed by atoms with Crippen LogP contribution in [0, 0.1) is 23.2 Å². The molecule has 0 unspecified atom stereocenters. The molecule has 3 rings (SSSR count). The second kappa shape index (κ2) is 5.80. The van der Waals surface area contributed by atoms with Crippen LogP contribution in [0.25, 0.3) is 0 Å². The molecule has 106 valence electrons. The summed E-state index contributed by atoms with van der Waals surface area (Å²) in [4.78, 5) is 11.7. The third-order valence-electron chi connectivity index (χ3n) is 3.84. The number of nitriles is 1. The van der Waals surface area contributed by atoms with Gasteiger partial charge in [0.25, 0.3) is 5.91 Å². The maximum absolute atomic E-state index is 11.7. The van der Waals surface area contributed by atoms with Gasteiger partial charge in [-0.15, -0.1) is 0 Å². The fraction of sp³-hybridized carbons (Fsp3) is 0.312. The fourth-order valence-corrected chi connectivity index (χ4v) is 2.60. The summed E-state index contributed by atoms with van der Waals surface area (Å²) >= 11 is 0. The average molecular weight is 281 g/mol. The molecule has 5 heteroatoms. The number of hydrogen-bond acceptors (Lipinski definition) is 4. The van der Waals surface area contributed by atoms with Crippen molar-refractivity contribution in [2.75, 3.05) is 6.61 Å². The van der Waals surface area contributed by atoms with Crippen LogP contribution >= 0.6 is 0 Å². The zero-order valence-electron chi connectivity index (χ0n) is 11.5. The van der Waals surface area contributed by atoms with E-state index in [9.17, 15) is 4.79 Å². The van der Waals surface area contributed by atoms with Crippen molar-refractivity contribution in [3.05, 3.63) is 42.0 Å². The molecule has 21 heavy (non-hydrogen) atoms. The van der Waals surface area contributed by atoms with E-state index in [-0.39, 0.29) is 12.5 Å². The second-order valence-corrected chi connectivity index (χ2v) is 5.20. The number of fused-ring (bicyclic) bond motifs is 1. The van der Waals surface area contributed by atoms with Crippen molar-refractivity contribution in [1.82, 2.24) is 5.43 Å². The van der Waals surface area contributed by atoms with Crippen molar-refractivity contribution < 1.29 is 9.53 Å². The highest BCUT2D eigenvalue weighted by atomic mass is 16.5. The minimum atomic E-state index is -0.277. The Balaban J connectivity index is 1.44. The van der Waals surface area contributed by atoms with E-state index in [2.05, 4.69) is 22.7 Å². The first-order valence-corrected chi connectivity index (χ1v) is 6.91. The molecule has 0 aliphatic heterocycles. The highest BCUT2D eigenvalue weighted by Gasteiger charge is 2.37. The molecule has 2 aliphatic rings. The van der Waals surface area contributed by atoms with Crippen molar-refractivity contribution in [2.24, 2.45) is 16.9 Å². The third kappa shape index (κ3) is 2.95. The van der Waals surface area contributed by atoms with Gasteiger partial charge in [-0.25, -0.2) is 5.43 Å². The van der Waals surface area contributed by atoms with Gasteiger partial charge in [0.2, 0.25) is 0 Å². The maximum Gasteiger partial charge on any atom is 0.277 e. The number of hydrazone groups is 1. The predicted octanol–water partition coefficient (Wildman–Crippen LogP) is 2.01. The van der Waals surface area contributed by atoms with Crippen LogP contribution in [-0.2, 0) is 4.79 Å². The molecular formula is C16H15N3O2. The minimum Gasteiger partial charge on any atom is -0.484 e. The molecule has 1 aromatic rings. The van der Waals surface area contributed by atoms with E-state index in [0.29, 0.717) is 23.1 Å². The van der Waals surface area contributed by atoms with E-state index in [0.717, 1.165) is 18.6 Å². The summed E-state index contributed by atoms with van der Waals surface area (Å²) in [5.74, 6) is 1.39. The monoisotopic (exact) mass is 281 g/mol. The lowest BCUT2D eigenvalue weighted by molar-refractivity contribution is -0.123. The normalized spacial score (nSPS) is 24.0. The van der Waals surface area contributed by atoms with Crippen LogP contribution in [0.2, 0.25) is 0 Å². The lowest BCUT2D eigenvalue weighted by Crippen LogP contribution is -2.36. The Morgan fingerprint density at radius 3 is 2.95 bits per heavy atom. The van der Waals surface area contributed by atoms with Gasteiger partial charge < -0.3 is 4.74 Å².